The maximum atomic E-state index is 12.1. The van der Waals surface area contributed by atoms with Gasteiger partial charge in [0.1, 0.15) is 6.54 Å². The number of carboxylic acid groups (broad SMARTS) is 1. The summed E-state index contributed by atoms with van der Waals surface area (Å²) in [5.41, 5.74) is -1.16. The lowest BCUT2D eigenvalue weighted by molar-refractivity contribution is -0.139. The molecule has 0 saturated heterocycles. The second-order valence-corrected chi connectivity index (χ2v) is 6.42. The second kappa shape index (κ2) is 6.89. The van der Waals surface area contributed by atoms with Gasteiger partial charge in [-0.1, -0.05) is 13.8 Å². The fourth-order valence-corrected chi connectivity index (χ4v) is 2.22. The number of carbonyl (C=O) groups is 2. The van der Waals surface area contributed by atoms with Gasteiger partial charge in [-0.3, -0.25) is 14.4 Å². The smallest absolute Gasteiger partial charge is 0.305 e. The third-order valence-electron chi connectivity index (χ3n) is 3.48. The molecule has 1 aromatic rings. The quantitative estimate of drug-likeness (QED) is 0.808. The number of nitrogens with one attached hydrogen (secondary N) is 1. The van der Waals surface area contributed by atoms with Crippen LogP contribution in [0.3, 0.4) is 0 Å². The summed E-state index contributed by atoms with van der Waals surface area (Å²) in [6, 6.07) is 2.95. The van der Waals surface area contributed by atoms with Gasteiger partial charge in [0.25, 0.3) is 5.56 Å². The molecule has 2 N–H and O–H groups in total. The van der Waals surface area contributed by atoms with Crippen molar-refractivity contribution in [2.24, 2.45) is 5.92 Å². The van der Waals surface area contributed by atoms with Crippen LogP contribution < -0.4 is 10.9 Å². The van der Waals surface area contributed by atoms with Crippen molar-refractivity contribution in [1.29, 1.82) is 0 Å². The molecule has 0 spiro atoms. The molecule has 0 aliphatic rings. The second-order valence-electron chi connectivity index (χ2n) is 5.50. The first-order chi connectivity index (χ1) is 9.64. The van der Waals surface area contributed by atoms with Crippen LogP contribution in [0.5, 0.6) is 0 Å². The molecule has 1 unspecified atom stereocenters. The monoisotopic (exact) mass is 358 g/mol. The summed E-state index contributed by atoms with van der Waals surface area (Å²) in [5.74, 6) is -1.43. The van der Waals surface area contributed by atoms with Crippen molar-refractivity contribution in [2.75, 3.05) is 0 Å². The fraction of sp³-hybridized carbons (Fsp3) is 0.500. The van der Waals surface area contributed by atoms with Crippen molar-refractivity contribution >= 4 is 27.8 Å². The van der Waals surface area contributed by atoms with Crippen LogP contribution in [0.25, 0.3) is 0 Å². The number of aliphatic carboxylic acids is 1. The first kappa shape index (κ1) is 17.4. The maximum Gasteiger partial charge on any atom is 0.305 e. The molecule has 0 radical (unpaired) electrons. The van der Waals surface area contributed by atoms with Crippen molar-refractivity contribution in [3.05, 3.63) is 33.2 Å². The molecular formula is C14H19BrN2O4. The molecular weight excluding hydrogens is 340 g/mol. The Morgan fingerprint density at radius 2 is 2.05 bits per heavy atom. The summed E-state index contributed by atoms with van der Waals surface area (Å²) in [4.78, 5) is 34.7. The molecule has 0 bridgehead atoms. The number of rotatable bonds is 6. The molecule has 0 aliphatic carbocycles. The van der Waals surface area contributed by atoms with E-state index in [1.165, 1.54) is 16.8 Å². The van der Waals surface area contributed by atoms with Gasteiger partial charge in [-0.15, -0.1) is 0 Å². The van der Waals surface area contributed by atoms with E-state index in [4.69, 9.17) is 5.11 Å². The minimum absolute atomic E-state index is 0.0585. The summed E-state index contributed by atoms with van der Waals surface area (Å²) < 4.78 is 1.95. The molecule has 0 saturated carbocycles. The topological polar surface area (TPSA) is 88.4 Å². The van der Waals surface area contributed by atoms with Gasteiger partial charge in [-0.25, -0.2) is 0 Å². The Labute approximate surface area is 131 Å². The van der Waals surface area contributed by atoms with E-state index in [-0.39, 0.29) is 24.4 Å². The number of carboxylic acids is 1. The average molecular weight is 359 g/mol. The summed E-state index contributed by atoms with van der Waals surface area (Å²) in [6.45, 7) is 5.22. The molecule has 1 atom stereocenters. The summed E-state index contributed by atoms with van der Waals surface area (Å²) in [7, 11) is 0. The number of aromatic nitrogens is 1. The van der Waals surface area contributed by atoms with E-state index in [2.05, 4.69) is 21.2 Å². The van der Waals surface area contributed by atoms with Crippen molar-refractivity contribution in [3.8, 4) is 0 Å². The van der Waals surface area contributed by atoms with Gasteiger partial charge in [0.2, 0.25) is 5.91 Å². The predicted molar refractivity (Wildman–Crippen MR) is 82.0 cm³/mol. The molecule has 1 aromatic heterocycles. The third-order valence-corrected chi connectivity index (χ3v) is 3.95. The minimum Gasteiger partial charge on any atom is -0.481 e. The molecule has 0 aromatic carbocycles. The predicted octanol–water partition coefficient (Wildman–Crippen LogP) is 1.62. The number of nitrogens with zero attached hydrogens (tertiary/aromatic N) is 1. The lowest BCUT2D eigenvalue weighted by atomic mass is 9.85. The summed E-state index contributed by atoms with van der Waals surface area (Å²) >= 11 is 3.23. The highest BCUT2D eigenvalue weighted by Gasteiger charge is 2.32. The van der Waals surface area contributed by atoms with Gasteiger partial charge < -0.3 is 15.0 Å². The van der Waals surface area contributed by atoms with Crippen molar-refractivity contribution < 1.29 is 14.7 Å². The van der Waals surface area contributed by atoms with Crippen LogP contribution in [0.15, 0.2) is 27.6 Å². The van der Waals surface area contributed by atoms with E-state index in [1.807, 2.05) is 13.8 Å². The van der Waals surface area contributed by atoms with Gasteiger partial charge >= 0.3 is 5.97 Å². The number of amides is 1. The van der Waals surface area contributed by atoms with Crippen LogP contribution in [0, 0.1) is 5.92 Å². The van der Waals surface area contributed by atoms with Gasteiger partial charge in [-0.2, -0.15) is 0 Å². The highest BCUT2D eigenvalue weighted by atomic mass is 79.9. The Bertz CT molecular complexity index is 597. The molecule has 1 rings (SSSR count). The average Bonchev–Trinajstić information content (AvgIpc) is 2.32. The first-order valence-electron chi connectivity index (χ1n) is 6.53. The van der Waals surface area contributed by atoms with E-state index >= 15 is 0 Å². The maximum absolute atomic E-state index is 12.1. The normalized spacial score (nSPS) is 13.8. The number of hydrogen-bond donors (Lipinski definition) is 2. The Hall–Kier alpha value is -1.63. The molecule has 1 amide bonds. The Morgan fingerprint density at radius 3 is 2.57 bits per heavy atom. The van der Waals surface area contributed by atoms with Crippen LogP contribution in [0.2, 0.25) is 0 Å². The standard InChI is InChI=1S/C14H19BrN2O4/c1-9(2)14(3,6-13(20)21)16-11(18)8-17-7-10(15)4-5-12(17)19/h4-5,7,9H,6,8H2,1-3H3,(H,16,18)(H,20,21). The molecule has 6 nitrogen and oxygen atoms in total. The molecule has 1 heterocycles. The Morgan fingerprint density at radius 1 is 1.43 bits per heavy atom. The summed E-state index contributed by atoms with van der Waals surface area (Å²) in [6.07, 6.45) is 1.34. The number of pyridine rings is 1. The fourth-order valence-electron chi connectivity index (χ4n) is 1.85. The van der Waals surface area contributed by atoms with Crippen LogP contribution in [-0.4, -0.2) is 27.1 Å². The van der Waals surface area contributed by atoms with E-state index in [9.17, 15) is 14.4 Å². The number of halogens is 1. The Balaban J connectivity index is 2.86. The lowest BCUT2D eigenvalue weighted by Gasteiger charge is -2.33. The van der Waals surface area contributed by atoms with Gasteiger partial charge in [0, 0.05) is 16.7 Å². The zero-order valence-corrected chi connectivity index (χ0v) is 13.8. The Kier molecular flexibility index (Phi) is 5.71. The van der Waals surface area contributed by atoms with Crippen molar-refractivity contribution in [2.45, 2.75) is 39.3 Å². The summed E-state index contributed by atoms with van der Waals surface area (Å²) in [5, 5.41) is 11.7. The SMILES string of the molecule is CC(C)C(C)(CC(=O)O)NC(=O)Cn1cc(Br)ccc1=O. The zero-order valence-electron chi connectivity index (χ0n) is 12.2. The van der Waals surface area contributed by atoms with E-state index in [0.29, 0.717) is 4.47 Å². The van der Waals surface area contributed by atoms with Crippen LogP contribution in [0.1, 0.15) is 27.2 Å². The molecule has 7 heteroatoms. The van der Waals surface area contributed by atoms with Gasteiger partial charge in [0.15, 0.2) is 0 Å². The molecule has 116 valence electrons. The van der Waals surface area contributed by atoms with Gasteiger partial charge in [0.05, 0.1) is 12.0 Å². The van der Waals surface area contributed by atoms with E-state index < -0.39 is 17.4 Å². The van der Waals surface area contributed by atoms with E-state index in [0.717, 1.165) is 0 Å². The van der Waals surface area contributed by atoms with E-state index in [1.54, 1.807) is 13.0 Å². The molecule has 0 fully saturated rings. The lowest BCUT2D eigenvalue weighted by Crippen LogP contribution is -2.52. The third kappa shape index (κ3) is 5.00. The minimum atomic E-state index is -0.980. The largest absolute Gasteiger partial charge is 0.481 e. The number of hydrogen-bond acceptors (Lipinski definition) is 3. The van der Waals surface area contributed by atoms with Crippen molar-refractivity contribution in [3.63, 3.8) is 0 Å². The zero-order chi connectivity index (χ0) is 16.2. The first-order valence-corrected chi connectivity index (χ1v) is 7.32. The highest BCUT2D eigenvalue weighted by Crippen LogP contribution is 2.20. The van der Waals surface area contributed by atoms with Crippen LogP contribution in [0.4, 0.5) is 0 Å². The molecule has 21 heavy (non-hydrogen) atoms. The highest BCUT2D eigenvalue weighted by molar-refractivity contribution is 9.10. The molecule has 0 aliphatic heterocycles. The van der Waals surface area contributed by atoms with Crippen molar-refractivity contribution in [1.82, 2.24) is 9.88 Å². The van der Waals surface area contributed by atoms with Crippen LogP contribution >= 0.6 is 15.9 Å². The van der Waals surface area contributed by atoms with Crippen LogP contribution in [-0.2, 0) is 16.1 Å². The van der Waals surface area contributed by atoms with Gasteiger partial charge in [-0.05, 0) is 34.8 Å². The number of carbonyl (C=O) groups excluding carboxylic acids is 1.